The van der Waals surface area contributed by atoms with Crippen LogP contribution in [0.3, 0.4) is 0 Å². The van der Waals surface area contributed by atoms with Crippen LogP contribution in [0.1, 0.15) is 12.6 Å². The van der Waals surface area contributed by atoms with Gasteiger partial charge in [0.2, 0.25) is 5.91 Å². The van der Waals surface area contributed by atoms with Gasteiger partial charge in [-0.1, -0.05) is 29.4 Å². The van der Waals surface area contributed by atoms with Crippen molar-refractivity contribution in [3.8, 4) is 0 Å². The van der Waals surface area contributed by atoms with Crippen LogP contribution in [-0.2, 0) is 11.3 Å². The first kappa shape index (κ1) is 17.6. The van der Waals surface area contributed by atoms with E-state index in [1.165, 1.54) is 11.8 Å². The van der Waals surface area contributed by atoms with Crippen molar-refractivity contribution in [3.63, 3.8) is 0 Å². The number of amides is 1. The summed E-state index contributed by atoms with van der Waals surface area (Å²) in [7, 11) is 0. The van der Waals surface area contributed by atoms with Crippen LogP contribution in [0.15, 0.2) is 40.3 Å². The first-order valence-electron chi connectivity index (χ1n) is 7.76. The molecule has 0 radical (unpaired) electrons. The monoisotopic (exact) mass is 376 g/mol. The third kappa shape index (κ3) is 3.88. The van der Waals surface area contributed by atoms with Gasteiger partial charge in [0.25, 0.3) is 5.56 Å². The number of nitrogens with zero attached hydrogens (tertiary/aromatic N) is 2. The van der Waals surface area contributed by atoms with Gasteiger partial charge in [0, 0.05) is 22.9 Å². The van der Waals surface area contributed by atoms with Crippen LogP contribution in [0.25, 0.3) is 11.0 Å². The van der Waals surface area contributed by atoms with Gasteiger partial charge in [-0.05, 0) is 38.1 Å². The normalized spacial score (nSPS) is 11.0. The van der Waals surface area contributed by atoms with E-state index in [0.717, 1.165) is 5.69 Å². The molecule has 6 nitrogen and oxygen atoms in total. The first-order chi connectivity index (χ1) is 12.0. The molecule has 2 aromatic heterocycles. The Kier molecular flexibility index (Phi) is 5.15. The van der Waals surface area contributed by atoms with E-state index >= 15 is 0 Å². The van der Waals surface area contributed by atoms with Crippen molar-refractivity contribution >= 4 is 46.0 Å². The zero-order valence-corrected chi connectivity index (χ0v) is 15.4. The van der Waals surface area contributed by atoms with E-state index in [-0.39, 0.29) is 17.2 Å². The summed E-state index contributed by atoms with van der Waals surface area (Å²) >= 11 is 7.14. The number of carbonyl (C=O) groups is 1. The summed E-state index contributed by atoms with van der Waals surface area (Å²) in [4.78, 5) is 32.2. The number of aromatic amines is 1. The van der Waals surface area contributed by atoms with E-state index in [9.17, 15) is 9.59 Å². The number of carbonyl (C=O) groups excluding carboxylic acids is 1. The number of thioether (sulfide) groups is 1. The minimum absolute atomic E-state index is 0.127. The summed E-state index contributed by atoms with van der Waals surface area (Å²) in [5.74, 6) is -0.0389. The number of aromatic nitrogens is 3. The smallest absolute Gasteiger partial charge is 0.278 e. The van der Waals surface area contributed by atoms with Gasteiger partial charge in [-0.2, -0.15) is 0 Å². The Bertz CT molecular complexity index is 996. The average Bonchev–Trinajstić information content (AvgIpc) is 2.94. The lowest BCUT2D eigenvalue weighted by atomic mass is 10.3. The van der Waals surface area contributed by atoms with E-state index in [1.54, 1.807) is 28.8 Å². The fourth-order valence-electron chi connectivity index (χ4n) is 2.49. The second-order valence-electron chi connectivity index (χ2n) is 5.50. The van der Waals surface area contributed by atoms with E-state index < -0.39 is 0 Å². The molecule has 0 aliphatic heterocycles. The number of aryl methyl sites for hydroxylation is 1. The molecule has 0 fully saturated rings. The van der Waals surface area contributed by atoms with Gasteiger partial charge >= 0.3 is 0 Å². The predicted molar refractivity (Wildman–Crippen MR) is 102 cm³/mol. The third-order valence-electron chi connectivity index (χ3n) is 3.59. The molecule has 0 saturated carbocycles. The number of halogens is 1. The maximum absolute atomic E-state index is 12.5. The summed E-state index contributed by atoms with van der Waals surface area (Å²) in [5, 5.41) is 3.86. The molecule has 8 heteroatoms. The highest BCUT2D eigenvalue weighted by molar-refractivity contribution is 7.99. The van der Waals surface area contributed by atoms with Gasteiger partial charge in [-0.3, -0.25) is 14.2 Å². The number of hydrogen-bond donors (Lipinski definition) is 2. The molecule has 0 spiro atoms. The fraction of sp³-hybridized carbons (Fsp3) is 0.235. The summed E-state index contributed by atoms with van der Waals surface area (Å²) in [6.07, 6.45) is 0. The van der Waals surface area contributed by atoms with Gasteiger partial charge in [0.15, 0.2) is 5.16 Å². The number of nitrogens with one attached hydrogen (secondary N) is 2. The molecular weight excluding hydrogens is 360 g/mol. The Hall–Kier alpha value is -2.25. The summed E-state index contributed by atoms with van der Waals surface area (Å²) in [6.45, 7) is 4.24. The van der Waals surface area contributed by atoms with Gasteiger partial charge in [0.1, 0.15) is 5.52 Å². The van der Waals surface area contributed by atoms with Crippen molar-refractivity contribution in [3.05, 3.63) is 51.4 Å². The molecule has 0 unspecified atom stereocenters. The van der Waals surface area contributed by atoms with Crippen molar-refractivity contribution in [2.75, 3.05) is 11.1 Å². The molecule has 0 aliphatic rings. The number of benzene rings is 1. The van der Waals surface area contributed by atoms with Crippen LogP contribution in [0.5, 0.6) is 0 Å². The van der Waals surface area contributed by atoms with Crippen molar-refractivity contribution in [2.24, 2.45) is 0 Å². The molecule has 1 aromatic carbocycles. The number of fused-ring (bicyclic) bond motifs is 1. The summed E-state index contributed by atoms with van der Waals surface area (Å²) < 4.78 is 1.57. The number of H-pyrrole nitrogens is 1. The van der Waals surface area contributed by atoms with Crippen molar-refractivity contribution < 1.29 is 4.79 Å². The fourth-order valence-corrected chi connectivity index (χ4v) is 3.55. The quantitative estimate of drug-likeness (QED) is 0.528. The highest BCUT2D eigenvalue weighted by Gasteiger charge is 2.14. The molecule has 2 heterocycles. The lowest BCUT2D eigenvalue weighted by molar-refractivity contribution is -0.113. The predicted octanol–water partition coefficient (Wildman–Crippen LogP) is 3.44. The zero-order valence-electron chi connectivity index (χ0n) is 13.8. The Morgan fingerprint density at radius 2 is 2.20 bits per heavy atom. The number of rotatable bonds is 5. The Balaban J connectivity index is 1.78. The average molecular weight is 377 g/mol. The van der Waals surface area contributed by atoms with Crippen LogP contribution >= 0.6 is 23.4 Å². The van der Waals surface area contributed by atoms with Gasteiger partial charge < -0.3 is 10.3 Å². The van der Waals surface area contributed by atoms with Gasteiger partial charge in [-0.25, -0.2) is 4.98 Å². The maximum atomic E-state index is 12.5. The highest BCUT2D eigenvalue weighted by Crippen LogP contribution is 2.19. The van der Waals surface area contributed by atoms with Crippen LogP contribution in [-0.4, -0.2) is 26.2 Å². The van der Waals surface area contributed by atoms with Gasteiger partial charge in [0.05, 0.1) is 11.3 Å². The van der Waals surface area contributed by atoms with Crippen LogP contribution < -0.4 is 10.9 Å². The highest BCUT2D eigenvalue weighted by atomic mass is 35.5. The van der Waals surface area contributed by atoms with E-state index in [4.69, 9.17) is 11.6 Å². The molecule has 0 bridgehead atoms. The molecule has 25 heavy (non-hydrogen) atoms. The topological polar surface area (TPSA) is 79.8 Å². The second kappa shape index (κ2) is 7.33. The minimum Gasteiger partial charge on any atom is -0.353 e. The van der Waals surface area contributed by atoms with Crippen molar-refractivity contribution in [1.82, 2.24) is 14.5 Å². The number of hydrogen-bond acceptors (Lipinski definition) is 4. The van der Waals surface area contributed by atoms with Crippen molar-refractivity contribution in [2.45, 2.75) is 25.5 Å². The summed E-state index contributed by atoms with van der Waals surface area (Å²) in [5.41, 5.74) is 2.49. The maximum Gasteiger partial charge on any atom is 0.278 e. The van der Waals surface area contributed by atoms with E-state index in [1.807, 2.05) is 19.9 Å². The van der Waals surface area contributed by atoms with Crippen molar-refractivity contribution in [1.29, 1.82) is 0 Å². The Labute approximate surface area is 153 Å². The van der Waals surface area contributed by atoms with Crippen LogP contribution in [0.2, 0.25) is 5.02 Å². The molecule has 0 saturated heterocycles. The molecule has 0 aliphatic carbocycles. The molecule has 0 atom stereocenters. The SMILES string of the molecule is CCn1c(SCC(=O)Nc2cccc(Cl)c2)nc2cc(C)[nH]c2c1=O. The van der Waals surface area contributed by atoms with E-state index in [2.05, 4.69) is 15.3 Å². The van der Waals surface area contributed by atoms with Crippen LogP contribution in [0.4, 0.5) is 5.69 Å². The summed E-state index contributed by atoms with van der Waals surface area (Å²) in [6, 6.07) is 8.78. The standard InChI is InChI=1S/C17H17ClN4O2S/c1-3-22-16(24)15-13(7-10(2)19-15)21-17(22)25-9-14(23)20-12-6-4-5-11(18)8-12/h4-8,19H,3,9H2,1-2H3,(H,20,23). The first-order valence-corrected chi connectivity index (χ1v) is 9.12. The van der Waals surface area contributed by atoms with Crippen LogP contribution in [0, 0.1) is 6.92 Å². The minimum atomic E-state index is -0.186. The Morgan fingerprint density at radius 3 is 2.92 bits per heavy atom. The zero-order chi connectivity index (χ0) is 18.0. The van der Waals surface area contributed by atoms with E-state index in [0.29, 0.717) is 33.4 Å². The molecular formula is C17H17ClN4O2S. The lowest BCUT2D eigenvalue weighted by Gasteiger charge is -2.10. The van der Waals surface area contributed by atoms with Gasteiger partial charge in [-0.15, -0.1) is 0 Å². The molecule has 130 valence electrons. The lowest BCUT2D eigenvalue weighted by Crippen LogP contribution is -2.23. The molecule has 3 rings (SSSR count). The largest absolute Gasteiger partial charge is 0.353 e. The Morgan fingerprint density at radius 1 is 1.40 bits per heavy atom. The number of anilines is 1. The third-order valence-corrected chi connectivity index (χ3v) is 4.81. The molecule has 3 aromatic rings. The second-order valence-corrected chi connectivity index (χ2v) is 6.88. The molecule has 2 N–H and O–H groups in total. The molecule has 1 amide bonds.